The summed E-state index contributed by atoms with van der Waals surface area (Å²) in [5.41, 5.74) is -1.91. The van der Waals surface area contributed by atoms with Crippen molar-refractivity contribution < 1.29 is 71.2 Å². The third-order valence-electron chi connectivity index (χ3n) is 11.0. The van der Waals surface area contributed by atoms with Gasteiger partial charge in [-0.15, -0.1) is 0 Å². The molecule has 5 heterocycles. The van der Waals surface area contributed by atoms with Crippen LogP contribution in [0.3, 0.4) is 0 Å². The van der Waals surface area contributed by atoms with Crippen molar-refractivity contribution in [1.29, 1.82) is 0 Å². The van der Waals surface area contributed by atoms with Crippen LogP contribution in [0.4, 0.5) is 0 Å². The van der Waals surface area contributed by atoms with Crippen LogP contribution in [0.1, 0.15) is 46.7 Å². The summed E-state index contributed by atoms with van der Waals surface area (Å²) < 4.78 is 102. The van der Waals surface area contributed by atoms with Gasteiger partial charge in [0.15, 0.2) is 23.3 Å². The summed E-state index contributed by atoms with van der Waals surface area (Å²) in [5, 5.41) is 70.0. The van der Waals surface area contributed by atoms with Gasteiger partial charge in [0, 0.05) is 60.9 Å². The van der Waals surface area contributed by atoms with Crippen molar-refractivity contribution in [2.24, 2.45) is 20.6 Å². The minimum absolute atomic E-state index is 0. The zero-order chi connectivity index (χ0) is 48.8. The van der Waals surface area contributed by atoms with E-state index < -0.39 is 132 Å². The Bertz CT molecular complexity index is 3680. The van der Waals surface area contributed by atoms with E-state index in [1.54, 1.807) is 48.5 Å². The first-order valence-corrected chi connectivity index (χ1v) is 26.8. The number of aliphatic hydroxyl groups is 4. The third-order valence-corrected chi connectivity index (χ3v) is 14.2. The topological polar surface area (TPSA) is 430 Å². The molecule has 4 aromatic carbocycles. The van der Waals surface area contributed by atoms with Crippen LogP contribution in [0.25, 0.3) is 89.7 Å². The summed E-state index contributed by atoms with van der Waals surface area (Å²) in [7, 11) is -19.0. The summed E-state index contributed by atoms with van der Waals surface area (Å²) in [6, 6.07) is 20.7. The molecule has 0 saturated heterocycles. The molecule has 8 bridgehead atoms. The van der Waals surface area contributed by atoms with Gasteiger partial charge in [0.2, 0.25) is 40.1 Å². The number of nitrogens with zero attached hydrogens (tertiary/aromatic N) is 6. The molecule has 4 unspecified atom stereocenters. The monoisotopic (exact) mass is 1070 g/mol. The zero-order valence-electron chi connectivity index (χ0n) is 35.0. The van der Waals surface area contributed by atoms with Crippen LogP contribution in [0, 0.1) is 0 Å². The first-order chi connectivity index (χ1) is 31.8. The molecule has 0 fully saturated rings. The molecule has 0 amide bonds. The fourth-order valence-corrected chi connectivity index (χ4v) is 11.0. The number of benzene rings is 4. The van der Waals surface area contributed by atoms with E-state index in [0.717, 1.165) is 0 Å². The molecule has 69 heavy (non-hydrogen) atoms. The normalized spacial score (nSPS) is 14.7. The second-order valence-electron chi connectivity index (χ2n) is 16.0. The molecule has 29 heteroatoms. The van der Waals surface area contributed by atoms with E-state index in [-0.39, 0.29) is 40.4 Å². The van der Waals surface area contributed by atoms with Gasteiger partial charge < -0.3 is 30.4 Å². The number of hydrogen-bond donors (Lipinski definition) is 10. The van der Waals surface area contributed by atoms with Crippen LogP contribution < -0.4 is 20.6 Å². The van der Waals surface area contributed by atoms with Crippen LogP contribution in [-0.2, 0) is 57.2 Å². The number of nitrogens with one attached hydrogen (secondary N) is 2. The first kappa shape index (κ1) is 49.7. The summed E-state index contributed by atoms with van der Waals surface area (Å²) in [4.78, 5) is 35.1. The van der Waals surface area contributed by atoms with Gasteiger partial charge in [-0.3, -0.25) is 0 Å². The fraction of sp³-hybridized carbons (Fsp3) is 0.200. The van der Waals surface area contributed by atoms with Crippen molar-refractivity contribution in [1.82, 2.24) is 39.9 Å². The number of sulfonamides is 4. The van der Waals surface area contributed by atoms with Gasteiger partial charge in [0.1, 0.15) is 22.6 Å². The van der Waals surface area contributed by atoms with E-state index in [4.69, 9.17) is 50.5 Å². The predicted molar refractivity (Wildman–Crippen MR) is 248 cm³/mol. The molecule has 3 aromatic heterocycles. The minimum atomic E-state index is -4.78. The Labute approximate surface area is 401 Å². The Hall–Kier alpha value is -5.76. The number of nitrogens with two attached hydrogens (primary N) is 4. The fourth-order valence-electron chi connectivity index (χ4n) is 8.62. The van der Waals surface area contributed by atoms with Gasteiger partial charge in [0.05, 0.1) is 47.4 Å². The Kier molecular flexibility index (Phi) is 12.9. The molecule has 2 aliphatic rings. The van der Waals surface area contributed by atoms with E-state index in [1.165, 1.54) is 0 Å². The summed E-state index contributed by atoms with van der Waals surface area (Å²) in [5.74, 6) is -5.61. The number of aliphatic hydroxyl groups excluding tert-OH is 4. The van der Waals surface area contributed by atoms with E-state index in [2.05, 4.69) is 9.97 Å². The van der Waals surface area contributed by atoms with Crippen LogP contribution in [-0.4, -0.2) is 117 Å². The van der Waals surface area contributed by atoms with E-state index >= 15 is 0 Å². The van der Waals surface area contributed by atoms with E-state index in [0.29, 0.717) is 44.3 Å². The Balaban J connectivity index is 0.00000642. The van der Waals surface area contributed by atoms with Crippen LogP contribution in [0.15, 0.2) is 72.8 Å². The average Bonchev–Trinajstić information content (AvgIpc) is 3.96. The number of primary sulfonamides is 4. The minimum Gasteiger partial charge on any atom is -0.387 e. The molecule has 0 saturated carbocycles. The van der Waals surface area contributed by atoms with E-state index in [1.807, 2.05) is 24.3 Å². The molecule has 9 rings (SSSR count). The van der Waals surface area contributed by atoms with Gasteiger partial charge in [-0.2, -0.15) is 0 Å². The second-order valence-corrected chi connectivity index (χ2v) is 22.7. The van der Waals surface area contributed by atoms with Gasteiger partial charge >= 0.3 is 0 Å². The van der Waals surface area contributed by atoms with E-state index in [9.17, 15) is 54.1 Å². The van der Waals surface area contributed by atoms with Crippen molar-refractivity contribution >= 4 is 84.2 Å². The van der Waals surface area contributed by atoms with Crippen molar-refractivity contribution in [3.05, 3.63) is 95.1 Å². The summed E-state index contributed by atoms with van der Waals surface area (Å²) >= 11 is 0. The molecule has 0 aliphatic carbocycles. The predicted octanol–water partition coefficient (Wildman–Crippen LogP) is 0.154. The number of fused-ring (bicyclic) bond motifs is 20. The van der Waals surface area contributed by atoms with Crippen LogP contribution in [0.2, 0.25) is 0 Å². The van der Waals surface area contributed by atoms with Gasteiger partial charge in [-0.05, 0) is 22.3 Å². The van der Waals surface area contributed by atoms with Crippen LogP contribution >= 0.6 is 0 Å². The van der Waals surface area contributed by atoms with Gasteiger partial charge in [-0.25, -0.2) is 84.1 Å². The van der Waals surface area contributed by atoms with Crippen LogP contribution in [0.5, 0.6) is 0 Å². The number of H-pyrrole nitrogens is 2. The van der Waals surface area contributed by atoms with Gasteiger partial charge in [0.25, 0.3) is 0 Å². The molecule has 7 aromatic rings. The molecule has 0 spiro atoms. The maximum Gasteiger partial charge on any atom is 0.211 e. The molecule has 2 aliphatic heterocycles. The SMILES string of the molecule is NS(=O)(=O)CC(O)c1c(C(O)CS(N)(=O)=O)c(C(O)CS(N)(=O)=O)c2c3nc4nc(nc5[nH]c(nc6nc(nc([nH]3)c2c1C(O)CS(N)(=O)=O)-c1ccccc1-6)c1ccccc51)-c1ccccc1-4.[Cu]. The Morgan fingerprint density at radius 1 is 0.391 bits per heavy atom. The van der Waals surface area contributed by atoms with Gasteiger partial charge in [-0.1, -0.05) is 72.8 Å². The maximum absolute atomic E-state index is 12.8. The van der Waals surface area contributed by atoms with Crippen molar-refractivity contribution in [3.63, 3.8) is 0 Å². The maximum atomic E-state index is 12.8. The molecule has 1 radical (unpaired) electrons. The Morgan fingerprint density at radius 3 is 0.928 bits per heavy atom. The molecule has 4 atom stereocenters. The summed E-state index contributed by atoms with van der Waals surface area (Å²) in [6.07, 6.45) is -9.91. The Morgan fingerprint density at radius 2 is 0.638 bits per heavy atom. The van der Waals surface area contributed by atoms with Crippen molar-refractivity contribution in [3.8, 4) is 45.6 Å². The molecule has 365 valence electrons. The second kappa shape index (κ2) is 17.9. The van der Waals surface area contributed by atoms with Crippen molar-refractivity contribution in [2.45, 2.75) is 24.4 Å². The largest absolute Gasteiger partial charge is 0.387 e. The number of rotatable bonds is 12. The first-order valence-electron chi connectivity index (χ1n) is 19.9. The zero-order valence-corrected chi connectivity index (χ0v) is 39.3. The molecular formula is C40H38CuN12O12S4. The molecule has 24 nitrogen and oxygen atoms in total. The summed E-state index contributed by atoms with van der Waals surface area (Å²) in [6.45, 7) is 0. The number of aromatic nitrogens is 8. The average molecular weight is 1070 g/mol. The quantitative estimate of drug-likeness (QED) is 0.0728. The number of aromatic amines is 2. The number of hydrogen-bond acceptors (Lipinski definition) is 18. The standard InChI is InChI=1S/C40H38N12O12S4.Cu/c41-65(57,58)13-23(53)27-28(24(54)14-66(42,59)60)30(26(56)16-68(44,63)64)32-31(29(27)25(55)15-67(43,61)62)39-50-37-21-11-5-3-9-19(21)35(48-37)46-33-17-7-1-2-8-18(17)34(45-33)47-36-20-10-4-6-12-22(20)38(49-36)51-40(32)52-39;/h1-12,23-26,53-56H,13-16H2,(H2,41,57,58)(H2,42,59,60)(H2,43,61,62)(H2,44,63,64)(H2,45,46,47,48,49,50,51,52);. The molecule has 14 N–H and O–H groups in total. The van der Waals surface area contributed by atoms with Crippen molar-refractivity contribution in [2.75, 3.05) is 23.0 Å². The molecular weight excluding hydrogens is 1030 g/mol. The third kappa shape index (κ3) is 9.87. The smallest absolute Gasteiger partial charge is 0.211 e.